The summed E-state index contributed by atoms with van der Waals surface area (Å²) in [6, 6.07) is 8.83. The van der Waals surface area contributed by atoms with Gasteiger partial charge in [-0.25, -0.2) is 0 Å². The first-order valence-corrected chi connectivity index (χ1v) is 13.2. The molecule has 5 rings (SSSR count). The lowest BCUT2D eigenvalue weighted by atomic mass is 9.98. The number of carbonyl (C=O) groups is 1. The molecule has 0 aliphatic carbocycles. The Hall–Kier alpha value is -2.44. The largest absolute Gasteiger partial charge is 0.376 e. The first-order valence-electron chi connectivity index (χ1n) is 11.4. The number of nitrogens with one attached hydrogen (secondary N) is 1. The van der Waals surface area contributed by atoms with E-state index in [1.54, 1.807) is 22.7 Å². The van der Waals surface area contributed by atoms with E-state index in [4.69, 9.17) is 4.74 Å². The number of ether oxygens (including phenoxy) is 1. The van der Waals surface area contributed by atoms with Crippen molar-refractivity contribution in [3.63, 3.8) is 0 Å². The zero-order valence-electron chi connectivity index (χ0n) is 19.0. The van der Waals surface area contributed by atoms with Crippen molar-refractivity contribution in [2.24, 2.45) is 0 Å². The van der Waals surface area contributed by atoms with Crippen LogP contribution in [0.5, 0.6) is 0 Å². The molecular weight excluding hydrogens is 452 g/mol. The lowest BCUT2D eigenvalue weighted by Gasteiger charge is -2.34. The molecule has 1 fully saturated rings. The number of thiophene rings is 2. The van der Waals surface area contributed by atoms with E-state index < -0.39 is 0 Å². The average Bonchev–Trinajstić information content (AvgIpc) is 3.61. The van der Waals surface area contributed by atoms with Crippen LogP contribution in [0.4, 0.5) is 5.82 Å². The maximum absolute atomic E-state index is 13.3. The van der Waals surface area contributed by atoms with E-state index in [-0.39, 0.29) is 24.6 Å². The van der Waals surface area contributed by atoms with Crippen LogP contribution in [0.2, 0.25) is 0 Å². The quantitative estimate of drug-likeness (QED) is 0.547. The first-order chi connectivity index (χ1) is 16.1. The Labute approximate surface area is 202 Å². The van der Waals surface area contributed by atoms with Crippen molar-refractivity contribution in [3.05, 3.63) is 61.1 Å². The van der Waals surface area contributed by atoms with Crippen LogP contribution in [-0.4, -0.2) is 41.2 Å². The molecule has 1 amide bonds. The Kier molecular flexibility index (Phi) is 6.39. The number of hydrogen-bond acceptors (Lipinski definition) is 6. The summed E-state index contributed by atoms with van der Waals surface area (Å²) < 4.78 is 7.90. The molecule has 0 spiro atoms. The van der Waals surface area contributed by atoms with Gasteiger partial charge in [0.2, 0.25) is 5.91 Å². The van der Waals surface area contributed by atoms with Gasteiger partial charge in [0.05, 0.1) is 30.8 Å². The summed E-state index contributed by atoms with van der Waals surface area (Å²) >= 11 is 3.54. The summed E-state index contributed by atoms with van der Waals surface area (Å²) in [7, 11) is 0. The number of aromatic nitrogens is 1. The smallest absolute Gasteiger partial charge is 0.239 e. The topological polar surface area (TPSA) is 70.3 Å². The molecule has 3 aromatic rings. The Morgan fingerprint density at radius 1 is 1.30 bits per heavy atom. The lowest BCUT2D eigenvalue weighted by molar-refractivity contribution is -0.117. The molecule has 0 aromatic carbocycles. The molecule has 0 radical (unpaired) electrons. The summed E-state index contributed by atoms with van der Waals surface area (Å²) in [5, 5.41) is 17.2. The van der Waals surface area contributed by atoms with E-state index in [2.05, 4.69) is 49.8 Å². The zero-order chi connectivity index (χ0) is 22.9. The number of nitrogens with zero attached hydrogens (tertiary/aromatic N) is 3. The van der Waals surface area contributed by atoms with Crippen LogP contribution >= 0.6 is 22.7 Å². The number of rotatable bonds is 6. The van der Waals surface area contributed by atoms with Crippen LogP contribution in [0.3, 0.4) is 0 Å². The molecule has 33 heavy (non-hydrogen) atoms. The van der Waals surface area contributed by atoms with Gasteiger partial charge in [0, 0.05) is 28.6 Å². The third-order valence-electron chi connectivity index (χ3n) is 6.83. The number of hydrogen-bond donors (Lipinski definition) is 1. The van der Waals surface area contributed by atoms with Gasteiger partial charge in [0.1, 0.15) is 11.9 Å². The Balaban J connectivity index is 1.39. The van der Waals surface area contributed by atoms with E-state index >= 15 is 0 Å². The van der Waals surface area contributed by atoms with Crippen molar-refractivity contribution in [2.75, 3.05) is 25.0 Å². The molecule has 172 valence electrons. The average molecular weight is 481 g/mol. The van der Waals surface area contributed by atoms with Crippen LogP contribution in [-0.2, 0) is 22.5 Å². The minimum Gasteiger partial charge on any atom is -0.376 e. The maximum Gasteiger partial charge on any atom is 0.239 e. The highest BCUT2D eigenvalue weighted by Crippen LogP contribution is 2.39. The van der Waals surface area contributed by atoms with Crippen LogP contribution in [0, 0.1) is 25.2 Å². The number of amides is 1. The third kappa shape index (κ3) is 4.26. The third-order valence-corrected chi connectivity index (χ3v) is 8.76. The molecular formula is C25H28N4O2S2. The minimum absolute atomic E-state index is 0.0853. The van der Waals surface area contributed by atoms with Crippen molar-refractivity contribution >= 4 is 34.4 Å². The second-order valence-electron chi connectivity index (χ2n) is 8.78. The molecule has 6 nitrogen and oxygen atoms in total. The number of nitriles is 1. The van der Waals surface area contributed by atoms with Crippen LogP contribution in [0.15, 0.2) is 29.0 Å². The van der Waals surface area contributed by atoms with Crippen molar-refractivity contribution in [2.45, 2.75) is 51.8 Å². The number of carbonyl (C=O) groups excluding carboxylic acids is 1. The fraction of sp³-hybridized carbons (Fsp3) is 0.440. The van der Waals surface area contributed by atoms with Gasteiger partial charge in [-0.3, -0.25) is 9.69 Å². The van der Waals surface area contributed by atoms with Gasteiger partial charge in [-0.1, -0.05) is 6.07 Å². The molecule has 1 N–H and O–H groups in total. The van der Waals surface area contributed by atoms with Crippen LogP contribution in [0.25, 0.3) is 0 Å². The van der Waals surface area contributed by atoms with Gasteiger partial charge < -0.3 is 14.6 Å². The molecule has 2 atom stereocenters. The van der Waals surface area contributed by atoms with E-state index in [0.29, 0.717) is 17.9 Å². The highest BCUT2D eigenvalue weighted by atomic mass is 32.1. The molecule has 0 bridgehead atoms. The van der Waals surface area contributed by atoms with Crippen molar-refractivity contribution < 1.29 is 9.53 Å². The van der Waals surface area contributed by atoms with Crippen molar-refractivity contribution in [1.82, 2.24) is 9.47 Å². The SMILES string of the molecule is Cc1c(C#N)c(NC(=O)CN2CCc3sccc3[C@@H]2c2cccs2)n(C[C@@H]2CCCO2)c1C. The monoisotopic (exact) mass is 480 g/mol. The van der Waals surface area contributed by atoms with Crippen molar-refractivity contribution in [3.8, 4) is 6.07 Å². The Bertz CT molecular complexity index is 1180. The second-order valence-corrected chi connectivity index (χ2v) is 10.8. The normalized spacial score (nSPS) is 20.5. The van der Waals surface area contributed by atoms with Gasteiger partial charge in [-0.05, 0) is 67.1 Å². The summed E-state index contributed by atoms with van der Waals surface area (Å²) in [5.74, 6) is 0.520. The molecule has 2 aliphatic rings. The first kappa shape index (κ1) is 22.4. The predicted molar refractivity (Wildman–Crippen MR) is 132 cm³/mol. The molecule has 5 heterocycles. The molecule has 1 saturated heterocycles. The van der Waals surface area contributed by atoms with Crippen molar-refractivity contribution in [1.29, 1.82) is 5.26 Å². The minimum atomic E-state index is -0.0853. The Morgan fingerprint density at radius 2 is 2.18 bits per heavy atom. The van der Waals surface area contributed by atoms with Gasteiger partial charge in [0.15, 0.2) is 0 Å². The molecule has 0 saturated carbocycles. The maximum atomic E-state index is 13.3. The standard InChI is InChI=1S/C25H28N4O2S2/c1-16-17(2)29(14-18-5-3-10-31-18)25(20(16)13-26)27-23(30)15-28-9-7-21-19(8-12-33-21)24(28)22-6-4-11-32-22/h4,6,8,11-12,18,24H,3,5,7,9-10,14-15H2,1-2H3,(H,27,30)/t18-,24+/m0/s1. The predicted octanol–water partition coefficient (Wildman–Crippen LogP) is 4.86. The summed E-state index contributed by atoms with van der Waals surface area (Å²) in [4.78, 5) is 18.3. The molecule has 2 aliphatic heterocycles. The fourth-order valence-corrected chi connectivity index (χ4v) is 6.81. The Morgan fingerprint density at radius 3 is 2.91 bits per heavy atom. The summed E-state index contributed by atoms with van der Waals surface area (Å²) in [6.07, 6.45) is 3.14. The highest BCUT2D eigenvalue weighted by molar-refractivity contribution is 7.10. The van der Waals surface area contributed by atoms with Gasteiger partial charge in [0.25, 0.3) is 0 Å². The lowest BCUT2D eigenvalue weighted by Crippen LogP contribution is -2.40. The van der Waals surface area contributed by atoms with Gasteiger partial charge >= 0.3 is 0 Å². The molecule has 3 aromatic heterocycles. The van der Waals surface area contributed by atoms with E-state index in [1.807, 2.05) is 13.8 Å². The van der Waals surface area contributed by atoms with E-state index in [0.717, 1.165) is 43.7 Å². The van der Waals surface area contributed by atoms with Crippen LogP contribution in [0.1, 0.15) is 51.0 Å². The summed E-state index contributed by atoms with van der Waals surface area (Å²) in [6.45, 7) is 6.52. The number of anilines is 1. The molecule has 0 unspecified atom stereocenters. The zero-order valence-corrected chi connectivity index (χ0v) is 20.6. The number of fused-ring (bicyclic) bond motifs is 1. The second kappa shape index (κ2) is 9.43. The molecule has 8 heteroatoms. The fourth-order valence-electron chi connectivity index (χ4n) is 5.03. The van der Waals surface area contributed by atoms with Gasteiger partial charge in [-0.15, -0.1) is 22.7 Å². The van der Waals surface area contributed by atoms with E-state index in [1.165, 1.54) is 15.3 Å². The van der Waals surface area contributed by atoms with Gasteiger partial charge in [-0.2, -0.15) is 5.26 Å². The van der Waals surface area contributed by atoms with E-state index in [9.17, 15) is 10.1 Å². The van der Waals surface area contributed by atoms with Crippen LogP contribution < -0.4 is 5.32 Å². The highest BCUT2D eigenvalue weighted by Gasteiger charge is 2.32. The summed E-state index contributed by atoms with van der Waals surface area (Å²) in [5.41, 5.74) is 3.79.